The first-order valence-electron chi connectivity index (χ1n) is 5.95. The lowest BCUT2D eigenvalue weighted by Gasteiger charge is -2.25. The van der Waals surface area contributed by atoms with Gasteiger partial charge in [-0.3, -0.25) is 5.73 Å². The molecule has 128 valence electrons. The van der Waals surface area contributed by atoms with E-state index in [2.05, 4.69) is 15.0 Å². The lowest BCUT2D eigenvalue weighted by molar-refractivity contribution is -0.274. The largest absolute Gasteiger partial charge is 0.612 e. The fourth-order valence-corrected chi connectivity index (χ4v) is 3.79. The first-order valence-corrected chi connectivity index (χ1v) is 8.26. The molecule has 2 rings (SSSR count). The average molecular weight is 399 g/mol. The predicted octanol–water partition coefficient (Wildman–Crippen LogP) is 3.58. The third kappa shape index (κ3) is 3.45. The summed E-state index contributed by atoms with van der Waals surface area (Å²) >= 11 is 10.2. The summed E-state index contributed by atoms with van der Waals surface area (Å²) in [6, 6.07) is 3.36. The highest BCUT2D eigenvalue weighted by Gasteiger charge is 2.48. The Labute approximate surface area is 146 Å². The zero-order valence-corrected chi connectivity index (χ0v) is 14.0. The second kappa shape index (κ2) is 6.42. The number of hydrogen-bond acceptors (Lipinski definition) is 6. The number of alkyl halides is 3. The topological polar surface area (TPSA) is 107 Å². The Bertz CT molecular complexity index is 768. The maximum Gasteiger partial charge on any atom is 0.573 e. The minimum Gasteiger partial charge on any atom is -0.612 e. The van der Waals surface area contributed by atoms with E-state index in [4.69, 9.17) is 34.2 Å². The van der Waals surface area contributed by atoms with E-state index < -0.39 is 29.0 Å². The van der Waals surface area contributed by atoms with Crippen LogP contribution in [0.15, 0.2) is 33.0 Å². The molecule has 1 heterocycles. The Hall–Kier alpha value is -1.51. The van der Waals surface area contributed by atoms with Gasteiger partial charge in [0.2, 0.25) is 16.3 Å². The highest BCUT2D eigenvalue weighted by molar-refractivity contribution is 7.94. The first kappa shape index (κ1) is 18.8. The summed E-state index contributed by atoms with van der Waals surface area (Å²) in [5, 5.41) is 15.6. The van der Waals surface area contributed by atoms with Crippen LogP contribution in [0.5, 0.6) is 5.75 Å². The van der Waals surface area contributed by atoms with Crippen molar-refractivity contribution in [1.82, 2.24) is 0 Å². The minimum absolute atomic E-state index is 0.139. The van der Waals surface area contributed by atoms with Crippen LogP contribution in [0.4, 0.5) is 13.2 Å². The average Bonchev–Trinajstić information content (AvgIpc) is 2.73. The molecule has 1 aliphatic rings. The van der Waals surface area contributed by atoms with Crippen molar-refractivity contribution in [2.24, 2.45) is 16.0 Å². The molecule has 6 nitrogen and oxygen atoms in total. The van der Waals surface area contributed by atoms with Crippen LogP contribution in [0.2, 0.25) is 10.0 Å². The van der Waals surface area contributed by atoms with Crippen molar-refractivity contribution in [2.45, 2.75) is 12.0 Å². The Balaban J connectivity index is 2.60. The molecule has 0 saturated carbocycles. The predicted molar refractivity (Wildman–Crippen MR) is 80.6 cm³/mol. The molecule has 0 amide bonds. The maximum atomic E-state index is 12.3. The summed E-state index contributed by atoms with van der Waals surface area (Å²) in [7, 11) is 0. The van der Waals surface area contributed by atoms with E-state index in [0.29, 0.717) is 0 Å². The van der Waals surface area contributed by atoms with Gasteiger partial charge in [-0.25, -0.2) is 0 Å². The monoisotopic (exact) mass is 398 g/mol. The highest BCUT2D eigenvalue weighted by Crippen LogP contribution is 2.46. The van der Waals surface area contributed by atoms with Crippen LogP contribution < -0.4 is 10.5 Å². The molecule has 24 heavy (non-hydrogen) atoms. The number of nitrogens with two attached hydrogens (primary N) is 1. The molecule has 2 N–H and O–H groups in total. The zero-order valence-electron chi connectivity index (χ0n) is 11.7. The Morgan fingerprint density at radius 2 is 1.92 bits per heavy atom. The van der Waals surface area contributed by atoms with Crippen LogP contribution in [0.25, 0.3) is 0 Å². The van der Waals surface area contributed by atoms with Crippen molar-refractivity contribution in [3.63, 3.8) is 0 Å². The van der Waals surface area contributed by atoms with E-state index in [-0.39, 0.29) is 26.2 Å². The SMILES string of the molecule is C[S+]([O-])C1=C(C#N)N=NC1(N)c1c(Cl)cc(OC(F)(F)F)cc1Cl. The maximum absolute atomic E-state index is 12.3. The van der Waals surface area contributed by atoms with E-state index in [1.807, 2.05) is 0 Å². The summed E-state index contributed by atoms with van der Waals surface area (Å²) in [6.07, 6.45) is -3.70. The van der Waals surface area contributed by atoms with Gasteiger partial charge in [-0.05, 0) is 23.3 Å². The molecule has 2 unspecified atom stereocenters. The molecule has 0 bridgehead atoms. The normalized spacial score (nSPS) is 21.8. The van der Waals surface area contributed by atoms with Gasteiger partial charge in [0, 0.05) is 5.56 Å². The van der Waals surface area contributed by atoms with Gasteiger partial charge >= 0.3 is 6.36 Å². The molecule has 1 aromatic carbocycles. The second-order valence-corrected chi connectivity index (χ2v) is 6.65. The number of halogens is 5. The lowest BCUT2D eigenvalue weighted by atomic mass is 9.99. The molecule has 0 saturated heterocycles. The Kier molecular flexibility index (Phi) is 5.03. The van der Waals surface area contributed by atoms with Gasteiger partial charge < -0.3 is 9.29 Å². The van der Waals surface area contributed by atoms with E-state index in [1.165, 1.54) is 6.26 Å². The number of ether oxygens (including phenoxy) is 1. The highest BCUT2D eigenvalue weighted by atomic mass is 35.5. The smallest absolute Gasteiger partial charge is 0.573 e. The van der Waals surface area contributed by atoms with Crippen LogP contribution in [-0.4, -0.2) is 17.2 Å². The summed E-state index contributed by atoms with van der Waals surface area (Å²) < 4.78 is 52.6. The van der Waals surface area contributed by atoms with Crippen molar-refractivity contribution in [3.8, 4) is 11.8 Å². The van der Waals surface area contributed by atoms with E-state index in [0.717, 1.165) is 12.1 Å². The number of nitriles is 1. The van der Waals surface area contributed by atoms with Crippen LogP contribution >= 0.6 is 23.2 Å². The van der Waals surface area contributed by atoms with Crippen LogP contribution in [0.1, 0.15) is 5.56 Å². The van der Waals surface area contributed by atoms with Crippen LogP contribution in [-0.2, 0) is 16.8 Å². The zero-order chi connectivity index (χ0) is 18.3. The minimum atomic E-state index is -4.94. The van der Waals surface area contributed by atoms with Gasteiger partial charge in [-0.2, -0.15) is 10.4 Å². The number of azo groups is 1. The Morgan fingerprint density at radius 3 is 2.33 bits per heavy atom. The second-order valence-electron chi connectivity index (χ2n) is 4.52. The molecular formula is C12H7Cl2F3N4O2S. The van der Waals surface area contributed by atoms with E-state index in [1.54, 1.807) is 6.07 Å². The van der Waals surface area contributed by atoms with Gasteiger partial charge in [0.15, 0.2) is 0 Å². The fraction of sp³-hybridized carbons (Fsp3) is 0.250. The van der Waals surface area contributed by atoms with Crippen LogP contribution in [0.3, 0.4) is 0 Å². The van der Waals surface area contributed by atoms with Gasteiger partial charge in [0.1, 0.15) is 18.1 Å². The molecule has 0 aliphatic carbocycles. The summed E-state index contributed by atoms with van der Waals surface area (Å²) in [4.78, 5) is -0.154. The first-order chi connectivity index (χ1) is 11.0. The molecule has 0 fully saturated rings. The molecule has 12 heteroatoms. The van der Waals surface area contributed by atoms with E-state index in [9.17, 15) is 17.7 Å². The number of rotatable bonds is 3. The summed E-state index contributed by atoms with van der Waals surface area (Å²) in [5.74, 6) is -0.663. The fourth-order valence-electron chi connectivity index (χ4n) is 2.10. The molecule has 0 radical (unpaired) electrons. The van der Waals surface area contributed by atoms with Crippen molar-refractivity contribution >= 4 is 34.4 Å². The molecule has 1 aromatic rings. The third-order valence-corrected chi connectivity index (χ3v) is 4.57. The molecule has 1 aliphatic heterocycles. The van der Waals surface area contributed by atoms with Gasteiger partial charge in [-0.1, -0.05) is 23.2 Å². The summed E-state index contributed by atoms with van der Waals surface area (Å²) in [5.41, 5.74) is 3.73. The number of nitrogens with zero attached hydrogens (tertiary/aromatic N) is 3. The van der Waals surface area contributed by atoms with Crippen molar-refractivity contribution in [3.05, 3.63) is 38.3 Å². The number of benzene rings is 1. The van der Waals surface area contributed by atoms with Gasteiger partial charge in [-0.15, -0.1) is 18.3 Å². The molecule has 2 atom stereocenters. The lowest BCUT2D eigenvalue weighted by Crippen LogP contribution is -2.38. The van der Waals surface area contributed by atoms with Gasteiger partial charge in [0.25, 0.3) is 0 Å². The molecule has 0 aromatic heterocycles. The van der Waals surface area contributed by atoms with Crippen molar-refractivity contribution < 1.29 is 22.5 Å². The van der Waals surface area contributed by atoms with Crippen molar-refractivity contribution in [2.75, 3.05) is 6.26 Å². The summed E-state index contributed by atoms with van der Waals surface area (Å²) in [6.45, 7) is 0. The quantitative estimate of drug-likeness (QED) is 0.784. The third-order valence-electron chi connectivity index (χ3n) is 2.89. The number of hydrogen-bond donors (Lipinski definition) is 1. The molecular weight excluding hydrogens is 392 g/mol. The van der Waals surface area contributed by atoms with Crippen molar-refractivity contribution in [1.29, 1.82) is 5.26 Å². The Morgan fingerprint density at radius 1 is 1.38 bits per heavy atom. The van der Waals surface area contributed by atoms with E-state index >= 15 is 0 Å². The number of allylic oxidation sites excluding steroid dienone is 1. The van der Waals surface area contributed by atoms with Crippen LogP contribution in [0, 0.1) is 11.3 Å². The molecule has 0 spiro atoms. The van der Waals surface area contributed by atoms with Gasteiger partial charge in [0.05, 0.1) is 10.0 Å². The standard InChI is InChI=1S/C12H7Cl2F3N4O2S/c1-24(22)10-8(4-18)20-21-11(10,19)9-6(13)2-5(3-7(9)14)23-12(15,16)17/h2-3H,19H2,1H3.